The van der Waals surface area contributed by atoms with Gasteiger partial charge in [-0.3, -0.25) is 4.79 Å². The summed E-state index contributed by atoms with van der Waals surface area (Å²) in [5.74, 6) is 0.155. The number of carbonyl (C=O) groups is 1. The van der Waals surface area contributed by atoms with E-state index in [1.807, 2.05) is 6.07 Å². The van der Waals surface area contributed by atoms with Crippen LogP contribution in [0.4, 0.5) is 0 Å². The van der Waals surface area contributed by atoms with E-state index in [9.17, 15) is 4.79 Å². The van der Waals surface area contributed by atoms with Gasteiger partial charge in [-0.1, -0.05) is 6.07 Å². The highest BCUT2D eigenvalue weighted by Crippen LogP contribution is 2.23. The Balaban J connectivity index is 1.64. The molecule has 0 radical (unpaired) electrons. The summed E-state index contributed by atoms with van der Waals surface area (Å²) >= 11 is 6.91. The van der Waals surface area contributed by atoms with Gasteiger partial charge in [0.25, 0.3) is 0 Å². The fourth-order valence-corrected chi connectivity index (χ4v) is 2.28. The Morgan fingerprint density at radius 1 is 1.28 bits per heavy atom. The smallest absolute Gasteiger partial charge is 0.221 e. The fraction of sp³-hybridized carbons (Fsp3) is 0.462. The molecule has 0 aromatic heterocycles. The standard InChI is InChI=1S/C13H16Br2N2O/c14-11-4-1-9(7-12(11)15)8-16-6-5-13(18)17-10-2-3-10/h1,4,7,10,16H,2-3,5-6,8H2,(H,17,18). The Kier molecular flexibility index (Phi) is 5.21. The van der Waals surface area contributed by atoms with Gasteiger partial charge in [0.2, 0.25) is 5.91 Å². The number of halogens is 2. The van der Waals surface area contributed by atoms with Crippen molar-refractivity contribution < 1.29 is 4.79 Å². The first kappa shape index (κ1) is 14.0. The molecular weight excluding hydrogens is 360 g/mol. The highest BCUT2D eigenvalue weighted by Gasteiger charge is 2.22. The molecular formula is C13H16Br2N2O. The minimum atomic E-state index is 0.155. The van der Waals surface area contributed by atoms with Gasteiger partial charge in [-0.15, -0.1) is 0 Å². The fourth-order valence-electron chi connectivity index (χ4n) is 1.61. The Morgan fingerprint density at radius 2 is 2.06 bits per heavy atom. The molecule has 98 valence electrons. The lowest BCUT2D eigenvalue weighted by molar-refractivity contribution is -0.121. The molecule has 1 aromatic carbocycles. The zero-order chi connectivity index (χ0) is 13.0. The van der Waals surface area contributed by atoms with Crippen molar-refractivity contribution in [3.63, 3.8) is 0 Å². The van der Waals surface area contributed by atoms with Crippen LogP contribution in [0.1, 0.15) is 24.8 Å². The summed E-state index contributed by atoms with van der Waals surface area (Å²) in [4.78, 5) is 11.4. The molecule has 2 N–H and O–H groups in total. The number of hydrogen-bond donors (Lipinski definition) is 2. The van der Waals surface area contributed by atoms with Crippen LogP contribution in [0.3, 0.4) is 0 Å². The summed E-state index contributed by atoms with van der Waals surface area (Å²) in [5, 5.41) is 6.25. The maximum absolute atomic E-state index is 11.4. The molecule has 0 aliphatic heterocycles. The third-order valence-corrected chi connectivity index (χ3v) is 4.66. The highest BCUT2D eigenvalue weighted by molar-refractivity contribution is 9.13. The van der Waals surface area contributed by atoms with Crippen LogP contribution in [0.15, 0.2) is 27.1 Å². The van der Waals surface area contributed by atoms with Gasteiger partial charge >= 0.3 is 0 Å². The Morgan fingerprint density at radius 3 is 2.72 bits per heavy atom. The number of benzene rings is 1. The van der Waals surface area contributed by atoms with Crippen LogP contribution in [0.5, 0.6) is 0 Å². The van der Waals surface area contributed by atoms with E-state index in [4.69, 9.17) is 0 Å². The van der Waals surface area contributed by atoms with Crippen molar-refractivity contribution in [2.75, 3.05) is 6.54 Å². The summed E-state index contributed by atoms with van der Waals surface area (Å²) in [7, 11) is 0. The Bertz CT molecular complexity index is 433. The molecule has 2 rings (SSSR count). The molecule has 0 unspecified atom stereocenters. The van der Waals surface area contributed by atoms with E-state index in [0.29, 0.717) is 19.0 Å². The van der Waals surface area contributed by atoms with Gasteiger partial charge in [0.15, 0.2) is 0 Å². The molecule has 0 spiro atoms. The van der Waals surface area contributed by atoms with E-state index in [0.717, 1.165) is 28.3 Å². The largest absolute Gasteiger partial charge is 0.353 e. The van der Waals surface area contributed by atoms with E-state index < -0.39 is 0 Å². The summed E-state index contributed by atoms with van der Waals surface area (Å²) in [6.07, 6.45) is 2.84. The molecule has 1 aliphatic rings. The predicted molar refractivity (Wildman–Crippen MR) is 79.3 cm³/mol. The second-order valence-corrected chi connectivity index (χ2v) is 6.23. The minimum absolute atomic E-state index is 0.155. The van der Waals surface area contributed by atoms with Crippen molar-refractivity contribution >= 4 is 37.8 Å². The Labute approximate surface area is 124 Å². The first-order chi connectivity index (χ1) is 8.65. The second kappa shape index (κ2) is 6.68. The van der Waals surface area contributed by atoms with Crippen molar-refractivity contribution in [1.82, 2.24) is 10.6 Å². The van der Waals surface area contributed by atoms with Crippen LogP contribution in [0.25, 0.3) is 0 Å². The molecule has 1 aromatic rings. The molecule has 5 heteroatoms. The Hall–Kier alpha value is -0.390. The summed E-state index contributed by atoms with van der Waals surface area (Å²) < 4.78 is 2.10. The lowest BCUT2D eigenvalue weighted by Gasteiger charge is -2.06. The van der Waals surface area contributed by atoms with Crippen LogP contribution >= 0.6 is 31.9 Å². The van der Waals surface area contributed by atoms with E-state index >= 15 is 0 Å². The van der Waals surface area contributed by atoms with E-state index in [-0.39, 0.29) is 5.91 Å². The zero-order valence-electron chi connectivity index (χ0n) is 10.0. The molecule has 1 aliphatic carbocycles. The predicted octanol–water partition coefficient (Wildman–Crippen LogP) is 2.97. The maximum atomic E-state index is 11.4. The van der Waals surface area contributed by atoms with Crippen molar-refractivity contribution in [2.45, 2.75) is 31.8 Å². The van der Waals surface area contributed by atoms with Crippen molar-refractivity contribution in [3.8, 4) is 0 Å². The van der Waals surface area contributed by atoms with E-state index in [1.165, 1.54) is 5.56 Å². The zero-order valence-corrected chi connectivity index (χ0v) is 13.2. The van der Waals surface area contributed by atoms with Gasteiger partial charge in [-0.2, -0.15) is 0 Å². The molecule has 0 atom stereocenters. The molecule has 0 heterocycles. The summed E-state index contributed by atoms with van der Waals surface area (Å²) in [5.41, 5.74) is 1.20. The van der Waals surface area contributed by atoms with Gasteiger partial charge in [0.05, 0.1) is 0 Å². The van der Waals surface area contributed by atoms with Crippen molar-refractivity contribution in [3.05, 3.63) is 32.7 Å². The minimum Gasteiger partial charge on any atom is -0.353 e. The number of carbonyl (C=O) groups excluding carboxylic acids is 1. The van der Waals surface area contributed by atoms with Crippen LogP contribution in [-0.4, -0.2) is 18.5 Å². The normalized spacial score (nSPS) is 14.6. The number of hydrogen-bond acceptors (Lipinski definition) is 2. The molecule has 0 bridgehead atoms. The van der Waals surface area contributed by atoms with E-state index in [2.05, 4.69) is 54.6 Å². The number of rotatable bonds is 6. The van der Waals surface area contributed by atoms with Crippen LogP contribution in [0, 0.1) is 0 Å². The van der Waals surface area contributed by atoms with Crippen LogP contribution < -0.4 is 10.6 Å². The molecule has 1 amide bonds. The maximum Gasteiger partial charge on any atom is 0.221 e. The van der Waals surface area contributed by atoms with Gasteiger partial charge in [0, 0.05) is 34.5 Å². The van der Waals surface area contributed by atoms with Gasteiger partial charge in [0.1, 0.15) is 0 Å². The number of amides is 1. The lowest BCUT2D eigenvalue weighted by atomic mass is 10.2. The summed E-state index contributed by atoms with van der Waals surface area (Å²) in [6, 6.07) is 6.61. The van der Waals surface area contributed by atoms with Gasteiger partial charge < -0.3 is 10.6 Å². The van der Waals surface area contributed by atoms with E-state index in [1.54, 1.807) is 0 Å². The molecule has 0 saturated heterocycles. The number of nitrogens with one attached hydrogen (secondary N) is 2. The molecule has 3 nitrogen and oxygen atoms in total. The van der Waals surface area contributed by atoms with Gasteiger partial charge in [-0.25, -0.2) is 0 Å². The van der Waals surface area contributed by atoms with Crippen LogP contribution in [-0.2, 0) is 11.3 Å². The average Bonchev–Trinajstić information content (AvgIpc) is 3.13. The lowest BCUT2D eigenvalue weighted by Crippen LogP contribution is -2.28. The third kappa shape index (κ3) is 4.71. The molecule has 1 fully saturated rings. The van der Waals surface area contributed by atoms with Gasteiger partial charge in [-0.05, 0) is 62.4 Å². The molecule has 1 saturated carbocycles. The second-order valence-electron chi connectivity index (χ2n) is 4.52. The summed E-state index contributed by atoms with van der Waals surface area (Å²) in [6.45, 7) is 1.49. The van der Waals surface area contributed by atoms with Crippen molar-refractivity contribution in [2.24, 2.45) is 0 Å². The average molecular weight is 376 g/mol. The van der Waals surface area contributed by atoms with Crippen molar-refractivity contribution in [1.29, 1.82) is 0 Å². The third-order valence-electron chi connectivity index (χ3n) is 2.78. The first-order valence-corrected chi connectivity index (χ1v) is 7.68. The monoisotopic (exact) mass is 374 g/mol. The SMILES string of the molecule is O=C(CCNCc1ccc(Br)c(Br)c1)NC1CC1. The molecule has 18 heavy (non-hydrogen) atoms. The highest BCUT2D eigenvalue weighted by atomic mass is 79.9. The quantitative estimate of drug-likeness (QED) is 0.750. The topological polar surface area (TPSA) is 41.1 Å². The first-order valence-electron chi connectivity index (χ1n) is 6.09. The van der Waals surface area contributed by atoms with Crippen LogP contribution in [0.2, 0.25) is 0 Å².